The summed E-state index contributed by atoms with van der Waals surface area (Å²) in [4.78, 5) is 14.6. The van der Waals surface area contributed by atoms with Crippen molar-refractivity contribution in [2.75, 3.05) is 6.54 Å². The number of aromatic amines is 1. The van der Waals surface area contributed by atoms with Gasteiger partial charge in [0.1, 0.15) is 5.69 Å². The van der Waals surface area contributed by atoms with E-state index in [0.717, 1.165) is 0 Å². The van der Waals surface area contributed by atoms with Crippen LogP contribution in [0.2, 0.25) is 5.02 Å². The number of amides is 1. The molecule has 4 nitrogen and oxygen atoms in total. The first kappa shape index (κ1) is 13.3. The second-order valence-electron chi connectivity index (χ2n) is 4.91. The Hall–Kier alpha value is -1.66. The average molecular weight is 300 g/mol. The number of hydrogen-bond acceptors (Lipinski definition) is 2. The minimum Gasteiger partial charge on any atom is -0.348 e. The predicted molar refractivity (Wildman–Crippen MR) is 71.9 cm³/mol. The smallest absolute Gasteiger partial charge is 0.268 e. The van der Waals surface area contributed by atoms with E-state index in [9.17, 15) is 13.6 Å². The fourth-order valence-corrected chi connectivity index (χ4v) is 2.40. The zero-order chi connectivity index (χ0) is 14.4. The summed E-state index contributed by atoms with van der Waals surface area (Å²) in [6, 6.07) is 2.98. The monoisotopic (exact) mass is 299 g/mol. The van der Waals surface area contributed by atoms with Crippen LogP contribution in [-0.2, 0) is 0 Å². The van der Waals surface area contributed by atoms with Crippen LogP contribution >= 0.6 is 11.6 Å². The molecule has 20 heavy (non-hydrogen) atoms. The number of aromatic nitrogens is 1. The largest absolute Gasteiger partial charge is 0.348 e. The lowest BCUT2D eigenvalue weighted by molar-refractivity contribution is 0.0902. The Morgan fingerprint density at radius 3 is 2.75 bits per heavy atom. The van der Waals surface area contributed by atoms with Gasteiger partial charge >= 0.3 is 0 Å². The molecule has 1 fully saturated rings. The standard InChI is InChI=1S/C13H12ClF2N3O/c1-5-9(4-17-5)19-13(20)8-3-6-2-7(14)10(15)11(16)12(6)18-8/h2-3,5,9,17-18H,4H2,1H3,(H,19,20). The first-order valence-electron chi connectivity index (χ1n) is 6.18. The second-order valence-corrected chi connectivity index (χ2v) is 5.32. The Morgan fingerprint density at radius 1 is 1.40 bits per heavy atom. The van der Waals surface area contributed by atoms with E-state index in [1.54, 1.807) is 0 Å². The van der Waals surface area contributed by atoms with E-state index >= 15 is 0 Å². The van der Waals surface area contributed by atoms with Gasteiger partial charge in [0.25, 0.3) is 5.91 Å². The molecule has 1 aliphatic heterocycles. The van der Waals surface area contributed by atoms with E-state index in [4.69, 9.17) is 11.6 Å². The van der Waals surface area contributed by atoms with Gasteiger partial charge < -0.3 is 15.6 Å². The van der Waals surface area contributed by atoms with Crippen molar-refractivity contribution in [1.82, 2.24) is 15.6 Å². The van der Waals surface area contributed by atoms with E-state index in [1.165, 1.54) is 12.1 Å². The minimum absolute atomic E-state index is 0.0408. The lowest BCUT2D eigenvalue weighted by Crippen LogP contribution is -2.63. The maximum absolute atomic E-state index is 13.7. The maximum atomic E-state index is 13.7. The number of H-pyrrole nitrogens is 1. The average Bonchev–Trinajstić information content (AvgIpc) is 2.84. The molecule has 2 aromatic rings. The highest BCUT2D eigenvalue weighted by Crippen LogP contribution is 2.27. The number of hydrogen-bond donors (Lipinski definition) is 3. The molecule has 0 spiro atoms. The Bertz CT molecular complexity index is 700. The quantitative estimate of drug-likeness (QED) is 0.745. The summed E-state index contributed by atoms with van der Waals surface area (Å²) in [5.74, 6) is -2.55. The summed E-state index contributed by atoms with van der Waals surface area (Å²) in [5, 5.41) is 5.98. The van der Waals surface area contributed by atoms with Crippen LogP contribution in [0.1, 0.15) is 17.4 Å². The Kier molecular flexibility index (Phi) is 3.14. The zero-order valence-electron chi connectivity index (χ0n) is 10.6. The van der Waals surface area contributed by atoms with Gasteiger partial charge in [-0.3, -0.25) is 4.79 Å². The van der Waals surface area contributed by atoms with Crippen molar-refractivity contribution in [3.05, 3.63) is 34.5 Å². The van der Waals surface area contributed by atoms with Crippen molar-refractivity contribution in [3.8, 4) is 0 Å². The van der Waals surface area contributed by atoms with Gasteiger partial charge in [0.15, 0.2) is 11.6 Å². The number of halogens is 3. The molecule has 1 aromatic heterocycles. The van der Waals surface area contributed by atoms with Crippen molar-refractivity contribution in [2.24, 2.45) is 0 Å². The highest BCUT2D eigenvalue weighted by atomic mass is 35.5. The predicted octanol–water partition coefficient (Wildman–Crippen LogP) is 2.19. The van der Waals surface area contributed by atoms with Gasteiger partial charge in [-0.05, 0) is 19.1 Å². The highest BCUT2D eigenvalue weighted by Gasteiger charge is 2.28. The molecule has 0 aliphatic carbocycles. The molecule has 2 heterocycles. The Balaban J connectivity index is 1.92. The third-order valence-electron chi connectivity index (χ3n) is 3.58. The topological polar surface area (TPSA) is 56.9 Å². The molecule has 7 heteroatoms. The highest BCUT2D eigenvalue weighted by molar-refractivity contribution is 6.31. The van der Waals surface area contributed by atoms with Gasteiger partial charge in [-0.15, -0.1) is 0 Å². The Morgan fingerprint density at radius 2 is 2.15 bits per heavy atom. The maximum Gasteiger partial charge on any atom is 0.268 e. The van der Waals surface area contributed by atoms with E-state index in [2.05, 4.69) is 15.6 Å². The lowest BCUT2D eigenvalue weighted by Gasteiger charge is -2.35. The van der Waals surface area contributed by atoms with Gasteiger partial charge in [0.05, 0.1) is 16.6 Å². The number of carbonyl (C=O) groups excluding carboxylic acids is 1. The molecule has 106 valence electrons. The molecule has 3 rings (SSSR count). The van der Waals surface area contributed by atoms with Gasteiger partial charge in [-0.1, -0.05) is 11.6 Å². The molecule has 1 aromatic carbocycles. The SMILES string of the molecule is CC1NCC1NC(=O)c1cc2cc(Cl)c(F)c(F)c2[nH]1. The third kappa shape index (κ3) is 2.05. The number of benzene rings is 1. The van der Waals surface area contributed by atoms with Crippen molar-refractivity contribution >= 4 is 28.4 Å². The fraction of sp³-hybridized carbons (Fsp3) is 0.308. The Labute approximate surface area is 118 Å². The van der Waals surface area contributed by atoms with Crippen molar-refractivity contribution in [3.63, 3.8) is 0 Å². The second kappa shape index (κ2) is 4.71. The van der Waals surface area contributed by atoms with Gasteiger partial charge in [-0.25, -0.2) is 8.78 Å². The molecular formula is C13H12ClF2N3O. The van der Waals surface area contributed by atoms with E-state index in [-0.39, 0.29) is 34.2 Å². The number of carbonyl (C=O) groups is 1. The molecule has 1 aliphatic rings. The normalized spacial score (nSPS) is 21.8. The van der Waals surface area contributed by atoms with Gasteiger partial charge in [0.2, 0.25) is 0 Å². The van der Waals surface area contributed by atoms with E-state index < -0.39 is 11.6 Å². The van der Waals surface area contributed by atoms with Crippen LogP contribution in [0.25, 0.3) is 10.9 Å². The summed E-state index contributed by atoms with van der Waals surface area (Å²) < 4.78 is 27.1. The number of nitrogens with one attached hydrogen (secondary N) is 3. The third-order valence-corrected chi connectivity index (χ3v) is 3.85. The van der Waals surface area contributed by atoms with Crippen LogP contribution in [0.4, 0.5) is 8.78 Å². The molecular weight excluding hydrogens is 288 g/mol. The van der Waals surface area contributed by atoms with Crippen molar-refractivity contribution in [2.45, 2.75) is 19.0 Å². The van der Waals surface area contributed by atoms with Crippen LogP contribution in [0, 0.1) is 11.6 Å². The first-order chi connectivity index (χ1) is 9.47. The van der Waals surface area contributed by atoms with Crippen LogP contribution in [0.3, 0.4) is 0 Å². The summed E-state index contributed by atoms with van der Waals surface area (Å²) in [7, 11) is 0. The molecule has 1 amide bonds. The zero-order valence-corrected chi connectivity index (χ0v) is 11.3. The molecule has 0 bridgehead atoms. The van der Waals surface area contributed by atoms with Crippen LogP contribution in [0.5, 0.6) is 0 Å². The van der Waals surface area contributed by atoms with Crippen LogP contribution < -0.4 is 10.6 Å². The minimum atomic E-state index is -1.12. The molecule has 3 N–H and O–H groups in total. The van der Waals surface area contributed by atoms with E-state index in [1.807, 2.05) is 6.92 Å². The summed E-state index contributed by atoms with van der Waals surface area (Å²) in [5.41, 5.74) is 0.122. The molecule has 0 saturated carbocycles. The van der Waals surface area contributed by atoms with Crippen LogP contribution in [0.15, 0.2) is 12.1 Å². The fourth-order valence-electron chi connectivity index (χ4n) is 2.20. The van der Waals surface area contributed by atoms with E-state index in [0.29, 0.717) is 11.9 Å². The number of fused-ring (bicyclic) bond motifs is 1. The van der Waals surface area contributed by atoms with Gasteiger partial charge in [0, 0.05) is 18.0 Å². The molecule has 0 radical (unpaired) electrons. The summed E-state index contributed by atoms with van der Waals surface area (Å²) >= 11 is 5.58. The number of rotatable bonds is 2. The lowest BCUT2D eigenvalue weighted by atomic mass is 10.0. The van der Waals surface area contributed by atoms with Crippen LogP contribution in [-0.4, -0.2) is 29.5 Å². The molecule has 1 saturated heterocycles. The summed E-state index contributed by atoms with van der Waals surface area (Å²) in [6.07, 6.45) is 0. The molecule has 2 atom stereocenters. The van der Waals surface area contributed by atoms with Crippen molar-refractivity contribution < 1.29 is 13.6 Å². The molecule has 2 unspecified atom stereocenters. The van der Waals surface area contributed by atoms with Crippen molar-refractivity contribution in [1.29, 1.82) is 0 Å². The van der Waals surface area contributed by atoms with Gasteiger partial charge in [-0.2, -0.15) is 0 Å². The summed E-state index contributed by atoms with van der Waals surface area (Å²) in [6.45, 7) is 2.65. The first-order valence-corrected chi connectivity index (χ1v) is 6.55.